The molecule has 7 nitrogen and oxygen atoms in total. The highest BCUT2D eigenvalue weighted by atomic mass is 35.5. The van der Waals surface area contributed by atoms with Crippen molar-refractivity contribution in [1.29, 1.82) is 0 Å². The van der Waals surface area contributed by atoms with Crippen molar-refractivity contribution in [3.8, 4) is 17.2 Å². The Bertz CT molecular complexity index is 975. The standard InChI is InChI=1S/C19H17ClN4O3/c1-26-14-5-2-4-12(10-14)17-22-23-18(27-17)15-6-3-9-24(15)19(25)13-7-8-21-16(20)11-13/h2,4-5,7-8,10-11,15H,3,6,9H2,1H3. The van der Waals surface area contributed by atoms with Gasteiger partial charge in [0.1, 0.15) is 16.9 Å². The number of methoxy groups -OCH3 is 1. The minimum absolute atomic E-state index is 0.122. The molecule has 0 spiro atoms. The first-order valence-corrected chi connectivity index (χ1v) is 8.94. The Hall–Kier alpha value is -2.93. The highest BCUT2D eigenvalue weighted by Crippen LogP contribution is 2.34. The third kappa shape index (κ3) is 3.50. The second-order valence-corrected chi connectivity index (χ2v) is 6.59. The molecule has 1 fully saturated rings. The summed E-state index contributed by atoms with van der Waals surface area (Å²) >= 11 is 5.91. The van der Waals surface area contributed by atoms with Gasteiger partial charge in [-0.2, -0.15) is 0 Å². The highest BCUT2D eigenvalue weighted by Gasteiger charge is 2.34. The lowest BCUT2D eigenvalue weighted by atomic mass is 10.2. The summed E-state index contributed by atoms with van der Waals surface area (Å²) < 4.78 is 11.1. The van der Waals surface area contributed by atoms with Crippen molar-refractivity contribution in [3.63, 3.8) is 0 Å². The summed E-state index contributed by atoms with van der Waals surface area (Å²) in [6.07, 6.45) is 3.16. The average molecular weight is 385 g/mol. The molecule has 1 atom stereocenters. The molecule has 8 heteroatoms. The van der Waals surface area contributed by atoms with Gasteiger partial charge in [0.05, 0.1) is 7.11 Å². The van der Waals surface area contributed by atoms with Crippen molar-refractivity contribution in [3.05, 3.63) is 59.2 Å². The number of rotatable bonds is 4. The van der Waals surface area contributed by atoms with E-state index in [2.05, 4.69) is 15.2 Å². The van der Waals surface area contributed by atoms with Crippen molar-refractivity contribution in [1.82, 2.24) is 20.1 Å². The highest BCUT2D eigenvalue weighted by molar-refractivity contribution is 6.29. The van der Waals surface area contributed by atoms with Crippen LogP contribution in [0.15, 0.2) is 47.0 Å². The Balaban J connectivity index is 1.59. The summed E-state index contributed by atoms with van der Waals surface area (Å²) in [5.74, 6) is 1.41. The lowest BCUT2D eigenvalue weighted by Gasteiger charge is -2.22. The van der Waals surface area contributed by atoms with Crippen LogP contribution >= 0.6 is 11.6 Å². The zero-order chi connectivity index (χ0) is 18.8. The topological polar surface area (TPSA) is 81.4 Å². The molecule has 1 aliphatic rings. The van der Waals surface area contributed by atoms with E-state index >= 15 is 0 Å². The van der Waals surface area contributed by atoms with E-state index in [4.69, 9.17) is 20.8 Å². The van der Waals surface area contributed by atoms with Gasteiger partial charge in [-0.25, -0.2) is 4.98 Å². The lowest BCUT2D eigenvalue weighted by molar-refractivity contribution is 0.0716. The Morgan fingerprint density at radius 3 is 3.00 bits per heavy atom. The van der Waals surface area contributed by atoms with Crippen LogP contribution in [0.5, 0.6) is 5.75 Å². The first-order valence-electron chi connectivity index (χ1n) is 8.56. The molecule has 2 aromatic heterocycles. The van der Waals surface area contributed by atoms with Gasteiger partial charge in [0, 0.05) is 23.9 Å². The first-order chi connectivity index (χ1) is 13.2. The van der Waals surface area contributed by atoms with E-state index in [1.54, 1.807) is 24.1 Å². The van der Waals surface area contributed by atoms with Gasteiger partial charge in [-0.05, 0) is 43.2 Å². The number of carbonyl (C=O) groups excluding carboxylic acids is 1. The Morgan fingerprint density at radius 2 is 2.19 bits per heavy atom. The van der Waals surface area contributed by atoms with Gasteiger partial charge >= 0.3 is 0 Å². The summed E-state index contributed by atoms with van der Waals surface area (Å²) in [6, 6.07) is 10.4. The normalized spacial score (nSPS) is 16.5. The van der Waals surface area contributed by atoms with Crippen LogP contribution < -0.4 is 4.74 Å². The van der Waals surface area contributed by atoms with E-state index in [0.717, 1.165) is 18.4 Å². The molecular formula is C19H17ClN4O3. The fourth-order valence-corrected chi connectivity index (χ4v) is 3.38. The molecule has 3 heterocycles. The fourth-order valence-electron chi connectivity index (χ4n) is 3.21. The molecule has 0 bridgehead atoms. The number of likely N-dealkylation sites (tertiary alicyclic amines) is 1. The SMILES string of the molecule is COc1cccc(-c2nnc(C3CCCN3C(=O)c3ccnc(Cl)c3)o2)c1. The fraction of sp³-hybridized carbons (Fsp3) is 0.263. The average Bonchev–Trinajstić information content (AvgIpc) is 3.36. The van der Waals surface area contributed by atoms with Gasteiger partial charge in [0.2, 0.25) is 11.8 Å². The maximum absolute atomic E-state index is 12.9. The number of nitrogens with zero attached hydrogens (tertiary/aromatic N) is 4. The molecular weight excluding hydrogens is 368 g/mol. The van der Waals surface area contributed by atoms with Crippen LogP contribution in [0.1, 0.15) is 35.1 Å². The Kier molecular flexibility index (Phi) is 4.77. The van der Waals surface area contributed by atoms with Gasteiger partial charge in [0.25, 0.3) is 5.91 Å². The van der Waals surface area contributed by atoms with Crippen LogP contribution in [-0.2, 0) is 0 Å². The maximum atomic E-state index is 12.9. The lowest BCUT2D eigenvalue weighted by Crippen LogP contribution is -2.30. The van der Waals surface area contributed by atoms with Gasteiger partial charge in [0.15, 0.2) is 0 Å². The van der Waals surface area contributed by atoms with E-state index in [9.17, 15) is 4.79 Å². The first kappa shape index (κ1) is 17.5. The molecule has 3 aromatic rings. The minimum Gasteiger partial charge on any atom is -0.497 e. The number of benzene rings is 1. The maximum Gasteiger partial charge on any atom is 0.254 e. The number of hydrogen-bond donors (Lipinski definition) is 0. The van der Waals surface area contributed by atoms with Crippen molar-refractivity contribution in [2.24, 2.45) is 0 Å². The quantitative estimate of drug-likeness (QED) is 0.637. The molecule has 1 aromatic carbocycles. The van der Waals surface area contributed by atoms with Gasteiger partial charge < -0.3 is 14.1 Å². The Labute approximate surface area is 160 Å². The van der Waals surface area contributed by atoms with E-state index in [0.29, 0.717) is 29.6 Å². The summed E-state index contributed by atoms with van der Waals surface area (Å²) in [5.41, 5.74) is 1.26. The van der Waals surface area contributed by atoms with Crippen molar-refractivity contribution in [2.75, 3.05) is 13.7 Å². The molecule has 1 saturated heterocycles. The second kappa shape index (κ2) is 7.36. The van der Waals surface area contributed by atoms with Crippen molar-refractivity contribution >= 4 is 17.5 Å². The molecule has 1 unspecified atom stereocenters. The molecule has 4 rings (SSSR count). The predicted octanol–water partition coefficient (Wildman–Crippen LogP) is 3.77. The van der Waals surface area contributed by atoms with Crippen LogP contribution in [-0.4, -0.2) is 39.6 Å². The number of halogens is 1. The monoisotopic (exact) mass is 384 g/mol. The number of hydrogen-bond acceptors (Lipinski definition) is 6. The van der Waals surface area contributed by atoms with Crippen LogP contribution in [0.25, 0.3) is 11.5 Å². The predicted molar refractivity (Wildman–Crippen MR) is 98.5 cm³/mol. The molecule has 27 heavy (non-hydrogen) atoms. The smallest absolute Gasteiger partial charge is 0.254 e. The van der Waals surface area contributed by atoms with Crippen molar-refractivity contribution in [2.45, 2.75) is 18.9 Å². The van der Waals surface area contributed by atoms with Gasteiger partial charge in [-0.3, -0.25) is 4.79 Å². The van der Waals surface area contributed by atoms with Crippen LogP contribution in [0.3, 0.4) is 0 Å². The molecule has 1 aliphatic heterocycles. The third-order valence-electron chi connectivity index (χ3n) is 4.53. The van der Waals surface area contributed by atoms with Crippen molar-refractivity contribution < 1.29 is 13.9 Å². The second-order valence-electron chi connectivity index (χ2n) is 6.20. The summed E-state index contributed by atoms with van der Waals surface area (Å²) in [5, 5.41) is 8.62. The molecule has 0 N–H and O–H groups in total. The molecule has 1 amide bonds. The largest absolute Gasteiger partial charge is 0.497 e. The molecule has 0 saturated carbocycles. The third-order valence-corrected chi connectivity index (χ3v) is 4.74. The zero-order valence-electron chi connectivity index (χ0n) is 14.6. The van der Waals surface area contributed by atoms with E-state index < -0.39 is 0 Å². The van der Waals surface area contributed by atoms with Crippen LogP contribution in [0.4, 0.5) is 0 Å². The van der Waals surface area contributed by atoms with Crippen LogP contribution in [0, 0.1) is 0 Å². The minimum atomic E-state index is -0.253. The summed E-state index contributed by atoms with van der Waals surface area (Å²) in [4.78, 5) is 18.5. The van der Waals surface area contributed by atoms with Gasteiger partial charge in [-0.15, -0.1) is 10.2 Å². The Morgan fingerprint density at radius 1 is 1.30 bits per heavy atom. The number of amides is 1. The number of carbonyl (C=O) groups is 1. The summed E-state index contributed by atoms with van der Waals surface area (Å²) in [7, 11) is 1.60. The zero-order valence-corrected chi connectivity index (χ0v) is 15.4. The van der Waals surface area contributed by atoms with Crippen LogP contribution in [0.2, 0.25) is 5.15 Å². The molecule has 0 aliphatic carbocycles. The van der Waals surface area contributed by atoms with E-state index in [-0.39, 0.29) is 17.1 Å². The molecule has 138 valence electrons. The molecule has 0 radical (unpaired) electrons. The van der Waals surface area contributed by atoms with E-state index in [1.807, 2.05) is 24.3 Å². The van der Waals surface area contributed by atoms with E-state index in [1.165, 1.54) is 6.20 Å². The van der Waals surface area contributed by atoms with Gasteiger partial charge in [-0.1, -0.05) is 17.7 Å². The number of ether oxygens (including phenoxy) is 1. The number of aromatic nitrogens is 3. The number of pyridine rings is 1. The summed E-state index contributed by atoms with van der Waals surface area (Å²) in [6.45, 7) is 0.625.